The van der Waals surface area contributed by atoms with Crippen LogP contribution in [-0.4, -0.2) is 49.6 Å². The molecule has 0 aliphatic heterocycles. The zero-order valence-corrected chi connectivity index (χ0v) is 13.8. The number of benzene rings is 1. The standard InChI is InChI=1S/C17H23N3O3/c1-13-4-6-14(7-5-13)17-19-15(12-23-17)10-20(2)11-16(21)18-8-9-22-3/h4-7,12H,8-11H2,1-3H3,(H,18,21). The highest BCUT2D eigenvalue weighted by Crippen LogP contribution is 2.19. The molecule has 0 saturated carbocycles. The Morgan fingerprint density at radius 1 is 1.35 bits per heavy atom. The highest BCUT2D eigenvalue weighted by Gasteiger charge is 2.11. The molecule has 0 aliphatic rings. The van der Waals surface area contributed by atoms with Crippen molar-refractivity contribution in [2.45, 2.75) is 13.5 Å². The van der Waals surface area contributed by atoms with E-state index in [4.69, 9.17) is 9.15 Å². The molecule has 1 aromatic carbocycles. The molecule has 6 heteroatoms. The third kappa shape index (κ3) is 5.50. The molecule has 124 valence electrons. The predicted molar refractivity (Wildman–Crippen MR) is 87.9 cm³/mol. The lowest BCUT2D eigenvalue weighted by molar-refractivity contribution is -0.122. The largest absolute Gasteiger partial charge is 0.444 e. The van der Waals surface area contributed by atoms with Crippen molar-refractivity contribution in [1.82, 2.24) is 15.2 Å². The second-order valence-electron chi connectivity index (χ2n) is 5.53. The molecule has 0 bridgehead atoms. The molecule has 0 saturated heterocycles. The molecule has 2 aromatic rings. The molecule has 0 spiro atoms. The number of aryl methyl sites for hydroxylation is 1. The quantitative estimate of drug-likeness (QED) is 0.753. The average molecular weight is 317 g/mol. The lowest BCUT2D eigenvalue weighted by Crippen LogP contribution is -2.36. The molecule has 2 rings (SSSR count). The van der Waals surface area contributed by atoms with Gasteiger partial charge in [0.2, 0.25) is 11.8 Å². The smallest absolute Gasteiger partial charge is 0.234 e. The first-order valence-corrected chi connectivity index (χ1v) is 7.54. The van der Waals surface area contributed by atoms with E-state index in [-0.39, 0.29) is 5.91 Å². The van der Waals surface area contributed by atoms with Crippen molar-refractivity contribution in [2.75, 3.05) is 33.9 Å². The van der Waals surface area contributed by atoms with E-state index >= 15 is 0 Å². The maximum Gasteiger partial charge on any atom is 0.234 e. The summed E-state index contributed by atoms with van der Waals surface area (Å²) in [5.41, 5.74) is 2.94. The van der Waals surface area contributed by atoms with Crippen molar-refractivity contribution in [2.24, 2.45) is 0 Å². The number of carbonyl (C=O) groups excluding carboxylic acids is 1. The molecule has 0 fully saturated rings. The number of aromatic nitrogens is 1. The second kappa shape index (κ2) is 8.45. The molecule has 0 radical (unpaired) electrons. The van der Waals surface area contributed by atoms with E-state index < -0.39 is 0 Å². The lowest BCUT2D eigenvalue weighted by atomic mass is 10.1. The van der Waals surface area contributed by atoms with Crippen LogP contribution in [0.15, 0.2) is 34.9 Å². The molecule has 1 amide bonds. The minimum atomic E-state index is -0.0354. The van der Waals surface area contributed by atoms with Crippen molar-refractivity contribution in [3.63, 3.8) is 0 Å². The van der Waals surface area contributed by atoms with Crippen LogP contribution in [0.4, 0.5) is 0 Å². The number of rotatable bonds is 8. The summed E-state index contributed by atoms with van der Waals surface area (Å²) in [6.07, 6.45) is 1.63. The molecule has 1 aromatic heterocycles. The van der Waals surface area contributed by atoms with Gasteiger partial charge in [-0.3, -0.25) is 9.69 Å². The Hall–Kier alpha value is -2.18. The van der Waals surface area contributed by atoms with E-state index in [0.29, 0.717) is 32.1 Å². The van der Waals surface area contributed by atoms with Crippen LogP contribution in [0.1, 0.15) is 11.3 Å². The summed E-state index contributed by atoms with van der Waals surface area (Å²) in [7, 11) is 3.48. The molecule has 1 heterocycles. The summed E-state index contributed by atoms with van der Waals surface area (Å²) in [5.74, 6) is 0.560. The molecule has 0 atom stereocenters. The number of hydrogen-bond acceptors (Lipinski definition) is 5. The van der Waals surface area contributed by atoms with Crippen LogP contribution in [0.3, 0.4) is 0 Å². The average Bonchev–Trinajstić information content (AvgIpc) is 2.96. The van der Waals surface area contributed by atoms with Gasteiger partial charge in [0.05, 0.1) is 18.8 Å². The first-order chi connectivity index (χ1) is 11.1. The first-order valence-electron chi connectivity index (χ1n) is 7.54. The van der Waals surface area contributed by atoms with Crippen LogP contribution in [-0.2, 0) is 16.1 Å². The van der Waals surface area contributed by atoms with Crippen molar-refractivity contribution in [1.29, 1.82) is 0 Å². The van der Waals surface area contributed by atoms with Gasteiger partial charge in [0.1, 0.15) is 6.26 Å². The Morgan fingerprint density at radius 3 is 2.78 bits per heavy atom. The van der Waals surface area contributed by atoms with Gasteiger partial charge in [-0.25, -0.2) is 4.98 Å². The van der Waals surface area contributed by atoms with Gasteiger partial charge >= 0.3 is 0 Å². The van der Waals surface area contributed by atoms with E-state index in [0.717, 1.165) is 11.3 Å². The zero-order valence-electron chi connectivity index (χ0n) is 13.8. The number of hydrogen-bond donors (Lipinski definition) is 1. The minimum Gasteiger partial charge on any atom is -0.444 e. The number of amides is 1. The summed E-state index contributed by atoms with van der Waals surface area (Å²) < 4.78 is 10.4. The summed E-state index contributed by atoms with van der Waals surface area (Å²) in [6.45, 7) is 3.92. The Kier molecular flexibility index (Phi) is 6.31. The van der Waals surface area contributed by atoms with E-state index in [1.165, 1.54) is 5.56 Å². The van der Waals surface area contributed by atoms with Crippen molar-refractivity contribution < 1.29 is 13.9 Å². The van der Waals surface area contributed by atoms with Crippen molar-refractivity contribution in [3.05, 3.63) is 41.8 Å². The summed E-state index contributed by atoms with van der Waals surface area (Å²) >= 11 is 0. The fraction of sp³-hybridized carbons (Fsp3) is 0.412. The first kappa shape index (κ1) is 17.2. The highest BCUT2D eigenvalue weighted by molar-refractivity contribution is 5.77. The monoisotopic (exact) mass is 317 g/mol. The van der Waals surface area contributed by atoms with E-state index in [2.05, 4.69) is 10.3 Å². The maximum atomic E-state index is 11.7. The zero-order chi connectivity index (χ0) is 16.7. The van der Waals surface area contributed by atoms with Crippen LogP contribution >= 0.6 is 0 Å². The molecule has 1 N–H and O–H groups in total. The number of ether oxygens (including phenoxy) is 1. The van der Waals surface area contributed by atoms with Gasteiger partial charge in [0.15, 0.2) is 0 Å². The number of oxazole rings is 1. The number of nitrogens with one attached hydrogen (secondary N) is 1. The fourth-order valence-electron chi connectivity index (χ4n) is 2.13. The maximum absolute atomic E-state index is 11.7. The fourth-order valence-corrected chi connectivity index (χ4v) is 2.13. The van der Waals surface area contributed by atoms with E-state index in [1.54, 1.807) is 13.4 Å². The summed E-state index contributed by atoms with van der Waals surface area (Å²) in [6, 6.07) is 8.02. The number of likely N-dealkylation sites (N-methyl/N-ethyl adjacent to an activating group) is 1. The van der Waals surface area contributed by atoms with Gasteiger partial charge in [-0.1, -0.05) is 17.7 Å². The second-order valence-corrected chi connectivity index (χ2v) is 5.53. The normalized spacial score (nSPS) is 11.0. The molecule has 23 heavy (non-hydrogen) atoms. The number of carbonyl (C=O) groups is 1. The Balaban J connectivity index is 1.86. The van der Waals surface area contributed by atoms with Crippen LogP contribution in [0.5, 0.6) is 0 Å². The Morgan fingerprint density at radius 2 is 2.09 bits per heavy atom. The molecular weight excluding hydrogens is 294 g/mol. The molecule has 6 nitrogen and oxygen atoms in total. The Bertz CT molecular complexity index is 622. The number of methoxy groups -OCH3 is 1. The van der Waals surface area contributed by atoms with E-state index in [1.807, 2.05) is 43.1 Å². The van der Waals surface area contributed by atoms with Gasteiger partial charge in [0.25, 0.3) is 0 Å². The van der Waals surface area contributed by atoms with Crippen LogP contribution in [0.25, 0.3) is 11.5 Å². The summed E-state index contributed by atoms with van der Waals surface area (Å²) in [5, 5.41) is 2.79. The van der Waals surface area contributed by atoms with Crippen molar-refractivity contribution >= 4 is 5.91 Å². The third-order valence-electron chi connectivity index (χ3n) is 3.32. The summed E-state index contributed by atoms with van der Waals surface area (Å²) in [4.78, 5) is 18.1. The van der Waals surface area contributed by atoms with Crippen LogP contribution < -0.4 is 5.32 Å². The van der Waals surface area contributed by atoms with Gasteiger partial charge in [-0.15, -0.1) is 0 Å². The highest BCUT2D eigenvalue weighted by atomic mass is 16.5. The SMILES string of the molecule is COCCNC(=O)CN(C)Cc1coc(-c2ccc(C)cc2)n1. The lowest BCUT2D eigenvalue weighted by Gasteiger charge is -2.14. The molecular formula is C17H23N3O3. The van der Waals surface area contributed by atoms with Gasteiger partial charge < -0.3 is 14.5 Å². The van der Waals surface area contributed by atoms with Gasteiger partial charge in [-0.05, 0) is 26.1 Å². The third-order valence-corrected chi connectivity index (χ3v) is 3.32. The van der Waals surface area contributed by atoms with Gasteiger partial charge in [-0.2, -0.15) is 0 Å². The van der Waals surface area contributed by atoms with Gasteiger partial charge in [0, 0.05) is 25.8 Å². The topological polar surface area (TPSA) is 67.6 Å². The van der Waals surface area contributed by atoms with E-state index in [9.17, 15) is 4.79 Å². The minimum absolute atomic E-state index is 0.0354. The van der Waals surface area contributed by atoms with Crippen LogP contribution in [0.2, 0.25) is 0 Å². The van der Waals surface area contributed by atoms with Crippen LogP contribution in [0, 0.1) is 6.92 Å². The van der Waals surface area contributed by atoms with Crippen molar-refractivity contribution in [3.8, 4) is 11.5 Å². The molecule has 0 unspecified atom stereocenters. The Labute approximate surface area is 136 Å². The molecule has 0 aliphatic carbocycles. The predicted octanol–water partition coefficient (Wildman–Crippen LogP) is 1.84. The number of nitrogens with zero attached hydrogens (tertiary/aromatic N) is 2.